The van der Waals surface area contributed by atoms with Gasteiger partial charge in [0.15, 0.2) is 0 Å². The summed E-state index contributed by atoms with van der Waals surface area (Å²) < 4.78 is 3.82. The fourth-order valence-electron chi connectivity index (χ4n) is 1.63. The Balaban J connectivity index is 2.16. The number of nitrogens with two attached hydrogens (primary N) is 1. The van der Waals surface area contributed by atoms with Crippen LogP contribution in [0.15, 0.2) is 30.3 Å². The molecule has 0 aliphatic rings. The van der Waals surface area contributed by atoms with Crippen molar-refractivity contribution in [2.45, 2.75) is 13.0 Å². The summed E-state index contributed by atoms with van der Waals surface area (Å²) in [5.74, 6) is 0. The molecule has 5 nitrogen and oxygen atoms in total. The van der Waals surface area contributed by atoms with Gasteiger partial charge < -0.3 is 10.6 Å². The van der Waals surface area contributed by atoms with E-state index in [1.165, 1.54) is 11.5 Å². The van der Waals surface area contributed by atoms with E-state index in [-0.39, 0.29) is 0 Å². The van der Waals surface area contributed by atoms with E-state index in [9.17, 15) is 0 Å². The van der Waals surface area contributed by atoms with Crippen molar-refractivity contribution in [3.8, 4) is 6.07 Å². The molecular formula is C12H13N5S. The van der Waals surface area contributed by atoms with Crippen molar-refractivity contribution in [3.63, 3.8) is 0 Å². The van der Waals surface area contributed by atoms with Gasteiger partial charge >= 0.3 is 0 Å². The summed E-state index contributed by atoms with van der Waals surface area (Å²) in [6.07, 6.45) is 0.465. The number of rotatable bonds is 5. The molecule has 0 saturated carbocycles. The molecule has 0 bridgehead atoms. The highest BCUT2D eigenvalue weighted by atomic mass is 32.1. The Labute approximate surface area is 110 Å². The van der Waals surface area contributed by atoms with E-state index in [0.717, 1.165) is 11.4 Å². The number of nitriles is 1. The van der Waals surface area contributed by atoms with E-state index in [1.807, 2.05) is 30.3 Å². The van der Waals surface area contributed by atoms with Crippen LogP contribution in [0.4, 0.5) is 10.7 Å². The molecule has 0 amide bonds. The predicted molar refractivity (Wildman–Crippen MR) is 72.0 cm³/mol. The van der Waals surface area contributed by atoms with Crippen molar-refractivity contribution < 1.29 is 0 Å². The standard InChI is InChI=1S/C12H13N5S/c13-7-4-8-17(10-5-2-1-3-6-10)9-11-12(14)18-16-15-11/h1-3,5-6H,4,8-9,14H2. The van der Waals surface area contributed by atoms with Crippen LogP contribution in [-0.2, 0) is 6.54 Å². The first kappa shape index (κ1) is 12.3. The van der Waals surface area contributed by atoms with Crippen LogP contribution < -0.4 is 10.6 Å². The summed E-state index contributed by atoms with van der Waals surface area (Å²) in [5.41, 5.74) is 7.62. The molecule has 0 saturated heterocycles. The van der Waals surface area contributed by atoms with Crippen molar-refractivity contribution in [1.29, 1.82) is 5.26 Å². The molecule has 0 aliphatic heterocycles. The van der Waals surface area contributed by atoms with Crippen molar-refractivity contribution in [2.24, 2.45) is 0 Å². The van der Waals surface area contributed by atoms with Crippen LogP contribution in [0.5, 0.6) is 0 Å². The van der Waals surface area contributed by atoms with Gasteiger partial charge in [0.2, 0.25) is 0 Å². The van der Waals surface area contributed by atoms with Crippen molar-refractivity contribution in [3.05, 3.63) is 36.0 Å². The maximum Gasteiger partial charge on any atom is 0.132 e. The van der Waals surface area contributed by atoms with E-state index in [2.05, 4.69) is 20.6 Å². The Kier molecular flexibility index (Phi) is 4.10. The van der Waals surface area contributed by atoms with Crippen LogP contribution in [-0.4, -0.2) is 16.1 Å². The highest BCUT2D eigenvalue weighted by Gasteiger charge is 2.11. The lowest BCUT2D eigenvalue weighted by Gasteiger charge is -2.22. The second-order valence-corrected chi connectivity index (χ2v) is 4.53. The van der Waals surface area contributed by atoms with Gasteiger partial charge in [-0.3, -0.25) is 0 Å². The van der Waals surface area contributed by atoms with E-state index in [0.29, 0.717) is 24.5 Å². The van der Waals surface area contributed by atoms with Gasteiger partial charge in [0.25, 0.3) is 0 Å². The largest absolute Gasteiger partial charge is 0.388 e. The molecular weight excluding hydrogens is 246 g/mol. The monoisotopic (exact) mass is 259 g/mol. The Morgan fingerprint density at radius 3 is 2.72 bits per heavy atom. The number of nitrogen functional groups attached to an aromatic ring is 1. The minimum Gasteiger partial charge on any atom is -0.388 e. The molecule has 1 aromatic heterocycles. The predicted octanol–water partition coefficient (Wildman–Crippen LogP) is 2.04. The van der Waals surface area contributed by atoms with Crippen molar-refractivity contribution >= 4 is 22.2 Å². The van der Waals surface area contributed by atoms with Crippen molar-refractivity contribution in [2.75, 3.05) is 17.2 Å². The minimum atomic E-state index is 0.465. The van der Waals surface area contributed by atoms with Gasteiger partial charge in [0.05, 0.1) is 19.0 Å². The molecule has 0 fully saturated rings. The third kappa shape index (κ3) is 2.96. The fraction of sp³-hybridized carbons (Fsp3) is 0.250. The van der Waals surface area contributed by atoms with Gasteiger partial charge in [-0.15, -0.1) is 5.10 Å². The molecule has 0 unspecified atom stereocenters. The molecule has 0 radical (unpaired) electrons. The number of aromatic nitrogens is 2. The first-order chi connectivity index (χ1) is 8.81. The lowest BCUT2D eigenvalue weighted by atomic mass is 10.2. The lowest BCUT2D eigenvalue weighted by Crippen LogP contribution is -2.24. The van der Waals surface area contributed by atoms with Gasteiger partial charge in [-0.1, -0.05) is 22.7 Å². The van der Waals surface area contributed by atoms with Crippen LogP contribution >= 0.6 is 11.5 Å². The quantitative estimate of drug-likeness (QED) is 0.889. The molecule has 1 aromatic carbocycles. The number of anilines is 2. The van der Waals surface area contributed by atoms with E-state index in [4.69, 9.17) is 11.0 Å². The maximum absolute atomic E-state index is 8.72. The van der Waals surface area contributed by atoms with Crippen LogP contribution in [0.25, 0.3) is 0 Å². The third-order valence-electron chi connectivity index (χ3n) is 2.54. The SMILES string of the molecule is N#CCCN(Cc1nnsc1N)c1ccccc1. The van der Waals surface area contributed by atoms with Crippen LogP contribution in [0, 0.1) is 11.3 Å². The summed E-state index contributed by atoms with van der Waals surface area (Å²) in [4.78, 5) is 2.08. The van der Waals surface area contributed by atoms with Gasteiger partial charge in [-0.2, -0.15) is 5.26 Å². The third-order valence-corrected chi connectivity index (χ3v) is 3.14. The molecule has 1 heterocycles. The van der Waals surface area contributed by atoms with Gasteiger partial charge in [0.1, 0.15) is 10.7 Å². The molecule has 2 N–H and O–H groups in total. The van der Waals surface area contributed by atoms with Gasteiger partial charge in [-0.25, -0.2) is 0 Å². The van der Waals surface area contributed by atoms with E-state index in [1.54, 1.807) is 0 Å². The lowest BCUT2D eigenvalue weighted by molar-refractivity contribution is 0.778. The minimum absolute atomic E-state index is 0.465. The topological polar surface area (TPSA) is 78.8 Å². The Morgan fingerprint density at radius 2 is 2.11 bits per heavy atom. The Morgan fingerprint density at radius 1 is 1.33 bits per heavy atom. The average Bonchev–Trinajstić information content (AvgIpc) is 2.81. The van der Waals surface area contributed by atoms with Gasteiger partial charge in [0, 0.05) is 23.8 Å². The number of nitrogens with zero attached hydrogens (tertiary/aromatic N) is 4. The van der Waals surface area contributed by atoms with E-state index >= 15 is 0 Å². The van der Waals surface area contributed by atoms with Crippen LogP contribution in [0.2, 0.25) is 0 Å². The molecule has 2 aromatic rings. The normalized spacial score (nSPS) is 9.94. The zero-order chi connectivity index (χ0) is 12.8. The highest BCUT2D eigenvalue weighted by molar-refractivity contribution is 7.09. The number of benzene rings is 1. The molecule has 0 spiro atoms. The van der Waals surface area contributed by atoms with E-state index < -0.39 is 0 Å². The molecule has 18 heavy (non-hydrogen) atoms. The summed E-state index contributed by atoms with van der Waals surface area (Å²) in [6.45, 7) is 1.23. The number of hydrogen-bond donors (Lipinski definition) is 1. The van der Waals surface area contributed by atoms with Crippen molar-refractivity contribution in [1.82, 2.24) is 9.59 Å². The fourth-order valence-corrected chi connectivity index (χ4v) is 2.07. The molecule has 2 rings (SSSR count). The molecule has 0 atom stereocenters. The van der Waals surface area contributed by atoms with Crippen LogP contribution in [0.3, 0.4) is 0 Å². The Hall–Kier alpha value is -2.13. The summed E-state index contributed by atoms with van der Waals surface area (Å²) in [6, 6.07) is 12.1. The summed E-state index contributed by atoms with van der Waals surface area (Å²) in [7, 11) is 0. The summed E-state index contributed by atoms with van der Waals surface area (Å²) >= 11 is 1.19. The second-order valence-electron chi connectivity index (χ2n) is 3.75. The first-order valence-electron chi connectivity index (χ1n) is 5.55. The highest BCUT2D eigenvalue weighted by Crippen LogP contribution is 2.20. The number of hydrogen-bond acceptors (Lipinski definition) is 6. The zero-order valence-electron chi connectivity index (χ0n) is 9.78. The molecule has 0 aliphatic carbocycles. The second kappa shape index (κ2) is 5.98. The molecule has 92 valence electrons. The van der Waals surface area contributed by atoms with Gasteiger partial charge in [-0.05, 0) is 12.1 Å². The zero-order valence-corrected chi connectivity index (χ0v) is 10.6. The maximum atomic E-state index is 8.72. The summed E-state index contributed by atoms with van der Waals surface area (Å²) in [5, 5.41) is 13.4. The number of para-hydroxylation sites is 1. The average molecular weight is 259 g/mol. The molecule has 6 heteroatoms. The Bertz CT molecular complexity index is 531. The first-order valence-corrected chi connectivity index (χ1v) is 6.32. The van der Waals surface area contributed by atoms with Crippen LogP contribution in [0.1, 0.15) is 12.1 Å². The smallest absolute Gasteiger partial charge is 0.132 e.